The van der Waals surface area contributed by atoms with E-state index >= 15 is 0 Å². The molecular formula is C30H33FN6O3. The monoisotopic (exact) mass is 544 g/mol. The number of benzene rings is 2. The highest BCUT2D eigenvalue weighted by Crippen LogP contribution is 2.41. The molecule has 2 atom stereocenters. The summed E-state index contributed by atoms with van der Waals surface area (Å²) in [5.74, 6) is 0.450. The van der Waals surface area contributed by atoms with Crippen LogP contribution in [0.25, 0.3) is 11.3 Å². The van der Waals surface area contributed by atoms with Gasteiger partial charge in [0.15, 0.2) is 17.3 Å². The van der Waals surface area contributed by atoms with E-state index in [2.05, 4.69) is 20.4 Å². The highest BCUT2D eigenvalue weighted by atomic mass is 19.1. The molecule has 40 heavy (non-hydrogen) atoms. The van der Waals surface area contributed by atoms with Crippen molar-refractivity contribution in [2.45, 2.75) is 39.1 Å². The zero-order valence-electron chi connectivity index (χ0n) is 23.1. The number of aliphatic hydroxyl groups is 1. The lowest BCUT2D eigenvalue weighted by Gasteiger charge is -2.43. The molecule has 1 unspecified atom stereocenters. The van der Waals surface area contributed by atoms with E-state index in [9.17, 15) is 14.3 Å². The van der Waals surface area contributed by atoms with Crippen LogP contribution < -0.4 is 9.64 Å². The van der Waals surface area contributed by atoms with Gasteiger partial charge in [-0.25, -0.2) is 19.4 Å². The average Bonchev–Trinajstić information content (AvgIpc) is 2.96. The SMILES string of the molecule is C=CC(=O)N1CCN(C2=NC(O)N(c3ccccc3C(C)C)c3nc(-c4ccccc4F)c(OC)nc32)[C@@H](C)C1. The fraction of sp³-hybridized carbons (Fsp3) is 0.333. The Labute approximate surface area is 233 Å². The number of halogens is 1. The van der Waals surface area contributed by atoms with Gasteiger partial charge in [0.1, 0.15) is 11.5 Å². The van der Waals surface area contributed by atoms with Crippen molar-refractivity contribution in [1.82, 2.24) is 19.8 Å². The van der Waals surface area contributed by atoms with Crippen molar-refractivity contribution in [2.24, 2.45) is 4.99 Å². The molecule has 3 aromatic rings. The lowest BCUT2D eigenvalue weighted by molar-refractivity contribution is -0.128. The number of methoxy groups -OCH3 is 1. The predicted molar refractivity (Wildman–Crippen MR) is 152 cm³/mol. The number of hydrogen-bond acceptors (Lipinski definition) is 8. The minimum absolute atomic E-state index is 0.134. The van der Waals surface area contributed by atoms with E-state index < -0.39 is 12.2 Å². The van der Waals surface area contributed by atoms with Crippen molar-refractivity contribution in [1.29, 1.82) is 0 Å². The van der Waals surface area contributed by atoms with Crippen molar-refractivity contribution in [2.75, 3.05) is 31.6 Å². The minimum Gasteiger partial charge on any atom is -0.479 e. The highest BCUT2D eigenvalue weighted by molar-refractivity contribution is 6.04. The number of fused-ring (bicyclic) bond motifs is 1. The van der Waals surface area contributed by atoms with Gasteiger partial charge in [0.25, 0.3) is 0 Å². The Morgan fingerprint density at radius 2 is 1.85 bits per heavy atom. The summed E-state index contributed by atoms with van der Waals surface area (Å²) in [5, 5.41) is 11.5. The maximum absolute atomic E-state index is 15.0. The van der Waals surface area contributed by atoms with Crippen LogP contribution in [0.2, 0.25) is 0 Å². The second-order valence-electron chi connectivity index (χ2n) is 10.1. The predicted octanol–water partition coefficient (Wildman–Crippen LogP) is 4.31. The zero-order chi connectivity index (χ0) is 28.6. The van der Waals surface area contributed by atoms with E-state index in [1.54, 1.807) is 28.0 Å². The summed E-state index contributed by atoms with van der Waals surface area (Å²) in [5.41, 5.74) is 2.56. The van der Waals surface area contributed by atoms with Crippen LogP contribution in [0.3, 0.4) is 0 Å². The number of carbonyl (C=O) groups excluding carboxylic acids is 1. The van der Waals surface area contributed by atoms with E-state index in [1.165, 1.54) is 19.3 Å². The smallest absolute Gasteiger partial charge is 0.246 e. The molecule has 1 amide bonds. The van der Waals surface area contributed by atoms with E-state index in [4.69, 9.17) is 19.7 Å². The van der Waals surface area contributed by atoms with Gasteiger partial charge in [0.2, 0.25) is 18.1 Å². The lowest BCUT2D eigenvalue weighted by Crippen LogP contribution is -2.56. The second-order valence-corrected chi connectivity index (χ2v) is 10.1. The van der Waals surface area contributed by atoms with Gasteiger partial charge in [-0.15, -0.1) is 0 Å². The van der Waals surface area contributed by atoms with Crippen molar-refractivity contribution < 1.29 is 19.0 Å². The van der Waals surface area contributed by atoms with Crippen LogP contribution in [0.1, 0.15) is 37.9 Å². The molecule has 208 valence electrons. The maximum atomic E-state index is 15.0. The standard InChI is InChI=1S/C30H33FN6O3/c1-6-24(38)35-15-16-36(19(4)17-35)27-26-28(32-25(29(33-26)40-5)21-12-7-9-13-22(21)31)37(30(39)34-27)23-14-10-8-11-20(23)18(2)3/h6-14,18-19,30,39H,1,15-17H2,2-5H3/t19-,30?/m0/s1. The van der Waals surface area contributed by atoms with Gasteiger partial charge in [-0.2, -0.15) is 0 Å². The largest absolute Gasteiger partial charge is 0.479 e. The van der Waals surface area contributed by atoms with Gasteiger partial charge in [0, 0.05) is 31.2 Å². The molecule has 1 N–H and O–H groups in total. The molecule has 3 heterocycles. The molecule has 5 rings (SSSR count). The number of amidine groups is 1. The molecular weight excluding hydrogens is 511 g/mol. The normalized spacial score (nSPS) is 18.9. The number of rotatable bonds is 5. The number of ether oxygens (including phenoxy) is 1. The molecule has 0 aliphatic carbocycles. The van der Waals surface area contributed by atoms with E-state index in [-0.39, 0.29) is 35.0 Å². The Bertz CT molecular complexity index is 1480. The molecule has 1 fully saturated rings. The van der Waals surface area contributed by atoms with Crippen LogP contribution in [0.5, 0.6) is 5.88 Å². The summed E-state index contributed by atoms with van der Waals surface area (Å²) in [7, 11) is 1.46. The second kappa shape index (κ2) is 11.1. The third-order valence-electron chi connectivity index (χ3n) is 7.28. The van der Waals surface area contributed by atoms with Crippen LogP contribution in [-0.2, 0) is 4.79 Å². The third kappa shape index (κ3) is 4.79. The molecule has 0 spiro atoms. The fourth-order valence-electron chi connectivity index (χ4n) is 5.28. The first-order valence-corrected chi connectivity index (χ1v) is 13.3. The van der Waals surface area contributed by atoms with E-state index in [1.807, 2.05) is 36.1 Å². The van der Waals surface area contributed by atoms with Gasteiger partial charge in [0.05, 0.1) is 12.8 Å². The van der Waals surface area contributed by atoms with Crippen molar-refractivity contribution in [3.8, 4) is 17.1 Å². The molecule has 10 heteroatoms. The van der Waals surface area contributed by atoms with Gasteiger partial charge < -0.3 is 19.6 Å². The number of amides is 1. The first kappa shape index (κ1) is 27.3. The number of hydrogen-bond donors (Lipinski definition) is 1. The molecule has 1 aromatic heterocycles. The minimum atomic E-state index is -1.32. The lowest BCUT2D eigenvalue weighted by atomic mass is 10.00. The van der Waals surface area contributed by atoms with Crippen molar-refractivity contribution in [3.05, 3.63) is 78.3 Å². The summed E-state index contributed by atoms with van der Waals surface area (Å²) in [4.78, 5) is 32.1. The molecule has 1 saturated heterocycles. The number of anilines is 2. The van der Waals surface area contributed by atoms with Crippen LogP contribution in [-0.4, -0.2) is 75.8 Å². The molecule has 2 aliphatic heterocycles. The van der Waals surface area contributed by atoms with Crippen molar-refractivity contribution in [3.63, 3.8) is 0 Å². The zero-order valence-corrected chi connectivity index (χ0v) is 23.1. The van der Waals surface area contributed by atoms with Gasteiger partial charge in [-0.05, 0) is 42.7 Å². The summed E-state index contributed by atoms with van der Waals surface area (Å²) < 4.78 is 20.6. The Morgan fingerprint density at radius 1 is 1.12 bits per heavy atom. The van der Waals surface area contributed by atoms with Gasteiger partial charge in [-0.3, -0.25) is 9.69 Å². The number of piperazine rings is 1. The quantitative estimate of drug-likeness (QED) is 0.479. The van der Waals surface area contributed by atoms with Crippen LogP contribution in [0.15, 0.2) is 66.2 Å². The third-order valence-corrected chi connectivity index (χ3v) is 7.28. The van der Waals surface area contributed by atoms with Crippen molar-refractivity contribution >= 4 is 23.2 Å². The Morgan fingerprint density at radius 3 is 2.52 bits per heavy atom. The van der Waals surface area contributed by atoms with Gasteiger partial charge in [-0.1, -0.05) is 50.8 Å². The summed E-state index contributed by atoms with van der Waals surface area (Å²) in [6.07, 6.45) is -0.0110. The maximum Gasteiger partial charge on any atom is 0.246 e. The number of aromatic nitrogens is 2. The number of aliphatic imine (C=N–C) groups is 1. The summed E-state index contributed by atoms with van der Waals surface area (Å²) >= 11 is 0. The highest BCUT2D eigenvalue weighted by Gasteiger charge is 2.39. The molecule has 2 aliphatic rings. The average molecular weight is 545 g/mol. The number of carbonyl (C=O) groups is 1. The topological polar surface area (TPSA) is 94.4 Å². The van der Waals surface area contributed by atoms with Crippen LogP contribution in [0.4, 0.5) is 15.9 Å². The number of para-hydroxylation sites is 1. The van der Waals surface area contributed by atoms with E-state index in [0.29, 0.717) is 37.0 Å². The summed E-state index contributed by atoms with van der Waals surface area (Å²) in [6, 6.07) is 13.9. The molecule has 0 radical (unpaired) electrons. The van der Waals surface area contributed by atoms with Crippen LogP contribution in [0, 0.1) is 5.82 Å². The van der Waals surface area contributed by atoms with Gasteiger partial charge >= 0.3 is 0 Å². The molecule has 0 saturated carbocycles. The Hall–Kier alpha value is -4.31. The summed E-state index contributed by atoms with van der Waals surface area (Å²) in [6.45, 7) is 11.1. The first-order chi connectivity index (χ1) is 19.2. The Balaban J connectivity index is 1.70. The molecule has 9 nitrogen and oxygen atoms in total. The van der Waals surface area contributed by atoms with E-state index in [0.717, 1.165) is 11.3 Å². The molecule has 0 bridgehead atoms. The fourth-order valence-corrected chi connectivity index (χ4v) is 5.28. The number of nitrogens with zero attached hydrogens (tertiary/aromatic N) is 6. The Kier molecular flexibility index (Phi) is 7.53. The number of aliphatic hydroxyl groups excluding tert-OH is 1. The first-order valence-electron chi connectivity index (χ1n) is 13.3. The molecule has 2 aromatic carbocycles. The van der Waals surface area contributed by atoms with Crippen LogP contribution >= 0.6 is 0 Å².